The van der Waals surface area contributed by atoms with E-state index in [-0.39, 0.29) is 18.7 Å². The van der Waals surface area contributed by atoms with Gasteiger partial charge in [0.05, 0.1) is 0 Å². The fraction of sp³-hybridized carbons (Fsp3) is 0.769. The summed E-state index contributed by atoms with van der Waals surface area (Å²) >= 11 is 0. The van der Waals surface area contributed by atoms with Crippen molar-refractivity contribution in [1.29, 1.82) is 0 Å². The molecule has 0 aliphatic carbocycles. The molecule has 0 bridgehead atoms. The molecule has 1 heterocycles. The minimum Gasteiger partial charge on any atom is -0.481 e. The van der Waals surface area contributed by atoms with Gasteiger partial charge in [-0.1, -0.05) is 28.0 Å². The number of carbonyl (C=O) groups is 3. The minimum atomic E-state index is -1.19. The number of hydrogen-bond acceptors (Lipinski definition) is 5. The van der Waals surface area contributed by atoms with Gasteiger partial charge >= 0.3 is 11.9 Å². The lowest BCUT2D eigenvalue weighted by molar-refractivity contribution is -0.143. The van der Waals surface area contributed by atoms with Crippen LogP contribution in [0.15, 0.2) is 0 Å². The van der Waals surface area contributed by atoms with Crippen LogP contribution in [0.4, 0.5) is 0 Å². The van der Waals surface area contributed by atoms with Crippen molar-refractivity contribution in [3.05, 3.63) is 0 Å². The van der Waals surface area contributed by atoms with Crippen LogP contribution in [0, 0.1) is 0 Å². The number of hydrogen-bond donors (Lipinski definition) is 3. The van der Waals surface area contributed by atoms with Crippen LogP contribution in [-0.4, -0.2) is 45.1 Å². The number of amides is 1. The molecule has 1 fully saturated rings. The van der Waals surface area contributed by atoms with Gasteiger partial charge < -0.3 is 15.5 Å². The first-order valence-corrected chi connectivity index (χ1v) is 9.39. The molecule has 0 aromatic heterocycles. The van der Waals surface area contributed by atoms with Gasteiger partial charge in [0.15, 0.2) is 0 Å². The molecule has 0 saturated carbocycles. The van der Waals surface area contributed by atoms with Crippen molar-refractivity contribution in [1.82, 2.24) is 5.32 Å². The predicted octanol–water partition coefficient (Wildman–Crippen LogP) is 2.13. The van der Waals surface area contributed by atoms with E-state index < -0.39 is 18.0 Å². The van der Waals surface area contributed by atoms with E-state index >= 15 is 0 Å². The molecule has 0 aromatic carbocycles. The van der Waals surface area contributed by atoms with Crippen molar-refractivity contribution in [3.8, 4) is 0 Å². The highest BCUT2D eigenvalue weighted by Crippen LogP contribution is 2.39. The standard InChI is InChI=1S/C13H21NO5S2/c15-11(4-2-1-3-9-7-8-20-21-9)14-10(13(18)19)5-6-12(16)17/h9-10H,1-8H2,(H,14,15)(H,16,17)(H,18,19)/t9-,10-/m0/s1. The van der Waals surface area contributed by atoms with Gasteiger partial charge in [-0.05, 0) is 25.7 Å². The Labute approximate surface area is 131 Å². The first-order valence-electron chi connectivity index (χ1n) is 7.01. The zero-order valence-corrected chi connectivity index (χ0v) is 13.4. The predicted molar refractivity (Wildman–Crippen MR) is 83.4 cm³/mol. The highest BCUT2D eigenvalue weighted by Gasteiger charge is 2.21. The number of aliphatic carboxylic acids is 2. The minimum absolute atomic E-state index is 0.0909. The van der Waals surface area contributed by atoms with Gasteiger partial charge in [-0.3, -0.25) is 9.59 Å². The first kappa shape index (κ1) is 18.2. The lowest BCUT2D eigenvalue weighted by atomic mass is 10.1. The van der Waals surface area contributed by atoms with Gasteiger partial charge in [-0.15, -0.1) is 0 Å². The average molecular weight is 335 g/mol. The molecule has 6 nitrogen and oxygen atoms in total. The topological polar surface area (TPSA) is 104 Å². The monoisotopic (exact) mass is 335 g/mol. The largest absolute Gasteiger partial charge is 0.481 e. The zero-order chi connectivity index (χ0) is 15.7. The Hall–Kier alpha value is -0.890. The van der Waals surface area contributed by atoms with E-state index in [1.165, 1.54) is 12.2 Å². The molecule has 1 rings (SSSR count). The third-order valence-corrected chi connectivity index (χ3v) is 6.19. The highest BCUT2D eigenvalue weighted by atomic mass is 33.1. The Morgan fingerprint density at radius 2 is 1.95 bits per heavy atom. The van der Waals surface area contributed by atoms with Crippen LogP contribution >= 0.6 is 21.6 Å². The highest BCUT2D eigenvalue weighted by molar-refractivity contribution is 8.77. The van der Waals surface area contributed by atoms with E-state index in [4.69, 9.17) is 10.2 Å². The van der Waals surface area contributed by atoms with Gasteiger partial charge in [0.1, 0.15) is 6.04 Å². The van der Waals surface area contributed by atoms with Crippen LogP contribution in [0.1, 0.15) is 44.9 Å². The summed E-state index contributed by atoms with van der Waals surface area (Å²) in [6.07, 6.45) is 3.93. The number of nitrogens with one attached hydrogen (secondary N) is 1. The van der Waals surface area contributed by atoms with Crippen molar-refractivity contribution < 1.29 is 24.6 Å². The van der Waals surface area contributed by atoms with Crippen LogP contribution < -0.4 is 5.32 Å². The number of rotatable bonds is 10. The summed E-state index contributed by atoms with van der Waals surface area (Å²) in [5.41, 5.74) is 0. The maximum atomic E-state index is 11.7. The van der Waals surface area contributed by atoms with Crippen LogP contribution in [-0.2, 0) is 14.4 Å². The molecular formula is C13H21NO5S2. The van der Waals surface area contributed by atoms with Crippen molar-refractivity contribution in [2.75, 3.05) is 5.75 Å². The normalized spacial score (nSPS) is 19.1. The van der Waals surface area contributed by atoms with Gasteiger partial charge in [-0.25, -0.2) is 4.79 Å². The fourth-order valence-corrected chi connectivity index (χ4v) is 5.04. The molecular weight excluding hydrogens is 314 g/mol. The summed E-state index contributed by atoms with van der Waals surface area (Å²) in [5.74, 6) is -1.38. The average Bonchev–Trinajstić information content (AvgIpc) is 2.92. The quantitative estimate of drug-likeness (QED) is 0.415. The Morgan fingerprint density at radius 3 is 2.52 bits per heavy atom. The summed E-state index contributed by atoms with van der Waals surface area (Å²) in [7, 11) is 3.80. The van der Waals surface area contributed by atoms with E-state index in [0.717, 1.165) is 19.3 Å². The third kappa shape index (κ3) is 8.21. The SMILES string of the molecule is O=C(O)CC[C@H](NC(=O)CCCC[C@H]1CCSS1)C(=O)O. The number of unbranched alkanes of at least 4 members (excludes halogenated alkanes) is 1. The molecule has 0 unspecified atom stereocenters. The summed E-state index contributed by atoms with van der Waals surface area (Å²) < 4.78 is 0. The van der Waals surface area contributed by atoms with Crippen LogP contribution in [0.3, 0.4) is 0 Å². The van der Waals surface area contributed by atoms with Gasteiger partial charge in [0.2, 0.25) is 5.91 Å². The second-order valence-corrected chi connectivity index (χ2v) is 7.75. The second-order valence-electron chi connectivity index (χ2n) is 4.97. The van der Waals surface area contributed by atoms with Gasteiger partial charge in [0, 0.05) is 23.8 Å². The van der Waals surface area contributed by atoms with Crippen LogP contribution in [0.25, 0.3) is 0 Å². The van der Waals surface area contributed by atoms with Crippen molar-refractivity contribution >= 4 is 39.4 Å². The smallest absolute Gasteiger partial charge is 0.326 e. The Kier molecular flexibility index (Phi) is 8.60. The summed E-state index contributed by atoms with van der Waals surface area (Å²) in [4.78, 5) is 33.0. The molecule has 0 aromatic rings. The molecule has 1 aliphatic rings. The number of carbonyl (C=O) groups excluding carboxylic acids is 1. The number of carboxylic acids is 2. The molecule has 1 saturated heterocycles. The maximum absolute atomic E-state index is 11.7. The Bertz CT molecular complexity index is 372. The Morgan fingerprint density at radius 1 is 1.19 bits per heavy atom. The van der Waals surface area contributed by atoms with E-state index in [9.17, 15) is 14.4 Å². The van der Waals surface area contributed by atoms with Crippen molar-refractivity contribution in [3.63, 3.8) is 0 Å². The van der Waals surface area contributed by atoms with Gasteiger partial charge in [0.25, 0.3) is 0 Å². The Balaban J connectivity index is 2.16. The molecule has 1 amide bonds. The van der Waals surface area contributed by atoms with Crippen LogP contribution in [0.5, 0.6) is 0 Å². The summed E-state index contributed by atoms with van der Waals surface area (Å²) in [5, 5.41) is 20.6. The molecule has 8 heteroatoms. The number of carboxylic acid groups (broad SMARTS) is 2. The first-order chi connectivity index (χ1) is 9.99. The molecule has 21 heavy (non-hydrogen) atoms. The molecule has 0 radical (unpaired) electrons. The van der Waals surface area contributed by atoms with Crippen LogP contribution in [0.2, 0.25) is 0 Å². The third-order valence-electron chi connectivity index (χ3n) is 3.19. The lowest BCUT2D eigenvalue weighted by Crippen LogP contribution is -2.41. The fourth-order valence-electron chi connectivity index (χ4n) is 2.01. The molecule has 0 spiro atoms. The zero-order valence-electron chi connectivity index (χ0n) is 11.7. The summed E-state index contributed by atoms with van der Waals surface area (Å²) in [6, 6.07) is -1.12. The summed E-state index contributed by atoms with van der Waals surface area (Å²) in [6.45, 7) is 0. The van der Waals surface area contributed by atoms with E-state index in [0.29, 0.717) is 11.7 Å². The lowest BCUT2D eigenvalue weighted by Gasteiger charge is -2.13. The van der Waals surface area contributed by atoms with E-state index in [1.54, 1.807) is 0 Å². The van der Waals surface area contributed by atoms with E-state index in [2.05, 4.69) is 5.32 Å². The van der Waals surface area contributed by atoms with Crippen molar-refractivity contribution in [2.45, 2.75) is 56.2 Å². The molecule has 2 atom stereocenters. The molecule has 120 valence electrons. The second kappa shape index (κ2) is 9.94. The maximum Gasteiger partial charge on any atom is 0.326 e. The molecule has 1 aliphatic heterocycles. The van der Waals surface area contributed by atoms with Crippen molar-refractivity contribution in [2.24, 2.45) is 0 Å². The van der Waals surface area contributed by atoms with E-state index in [1.807, 2.05) is 21.6 Å². The van der Waals surface area contributed by atoms with Gasteiger partial charge in [-0.2, -0.15) is 0 Å². The molecule has 3 N–H and O–H groups in total.